The molecule has 0 amide bonds. The first-order valence-electron chi connectivity index (χ1n) is 9.82. The highest BCUT2D eigenvalue weighted by molar-refractivity contribution is 5.93. The maximum Gasteiger partial charge on any atom is 0.341 e. The Morgan fingerprint density at radius 1 is 1.14 bits per heavy atom. The summed E-state index contributed by atoms with van der Waals surface area (Å²) >= 11 is 0. The average Bonchev–Trinajstić information content (AvgIpc) is 2.68. The minimum atomic E-state index is -1.07. The van der Waals surface area contributed by atoms with Crippen LogP contribution in [-0.4, -0.2) is 49.3 Å². The lowest BCUT2D eigenvalue weighted by Crippen LogP contribution is -2.32. The van der Waals surface area contributed by atoms with Crippen molar-refractivity contribution in [3.63, 3.8) is 0 Å². The van der Waals surface area contributed by atoms with E-state index in [0.29, 0.717) is 18.2 Å². The molecule has 2 aromatic rings. The van der Waals surface area contributed by atoms with Crippen LogP contribution in [0.3, 0.4) is 0 Å². The van der Waals surface area contributed by atoms with Crippen LogP contribution < -0.4 is 10.6 Å². The quantitative estimate of drug-likeness (QED) is 0.620. The van der Waals surface area contributed by atoms with Crippen LogP contribution in [0.1, 0.15) is 53.7 Å². The minimum Gasteiger partial charge on any atom is -0.477 e. The predicted octanol–water partition coefficient (Wildman–Crippen LogP) is 2.25. The summed E-state index contributed by atoms with van der Waals surface area (Å²) in [6.45, 7) is 0. The summed E-state index contributed by atoms with van der Waals surface area (Å²) in [4.78, 5) is 24.7. The average molecular weight is 383 g/mol. The zero-order valence-electron chi connectivity index (χ0n) is 15.6. The molecule has 0 unspecified atom stereocenters. The molecule has 0 radical (unpaired) electrons. The lowest BCUT2D eigenvalue weighted by molar-refractivity contribution is 0.0697. The predicted molar refractivity (Wildman–Crippen MR) is 105 cm³/mol. The number of aryl methyl sites for hydroxylation is 1. The van der Waals surface area contributed by atoms with Crippen molar-refractivity contribution in [2.24, 2.45) is 0 Å². The molecule has 8 nitrogen and oxygen atoms in total. The number of carboxylic acid groups (broad SMARTS) is 1. The lowest BCUT2D eigenvalue weighted by Gasteiger charge is -2.28. The number of fused-ring (bicyclic) bond motifs is 1. The molecule has 28 heavy (non-hydrogen) atoms. The van der Waals surface area contributed by atoms with Crippen LogP contribution in [0.5, 0.6) is 0 Å². The van der Waals surface area contributed by atoms with Crippen LogP contribution in [0.25, 0.3) is 0 Å². The van der Waals surface area contributed by atoms with E-state index < -0.39 is 5.97 Å². The molecule has 0 spiro atoms. The number of aromatic carboxylic acids is 1. The van der Waals surface area contributed by atoms with Crippen molar-refractivity contribution < 1.29 is 15.0 Å². The molecule has 0 aromatic carbocycles. The van der Waals surface area contributed by atoms with Gasteiger partial charge in [-0.25, -0.2) is 9.78 Å². The Hall–Kier alpha value is -2.74. The standard InChI is InChI=1S/C20H25N5O3/c26-15-5-1-4-13(9-15)23-18-16(19(27)28)11-22-20(25-18)24-14-7-6-12-3-2-8-21-17(12)10-14/h2-3,8,11,13-15,26H,1,4-7,9-10H2,(H,27,28)(H2,22,23,24,25)/t13-,14-,15+/m1/s1. The lowest BCUT2D eigenvalue weighted by atomic mass is 9.92. The second-order valence-corrected chi connectivity index (χ2v) is 7.62. The van der Waals surface area contributed by atoms with Crippen molar-refractivity contribution in [2.75, 3.05) is 10.6 Å². The fourth-order valence-electron chi connectivity index (χ4n) is 4.06. The molecule has 0 aliphatic heterocycles. The molecular weight excluding hydrogens is 358 g/mol. The number of aromatic nitrogens is 3. The monoisotopic (exact) mass is 383 g/mol. The summed E-state index contributed by atoms with van der Waals surface area (Å²) in [6, 6.07) is 4.23. The van der Waals surface area contributed by atoms with E-state index in [0.717, 1.165) is 44.2 Å². The number of carbonyl (C=O) groups is 1. The zero-order chi connectivity index (χ0) is 19.5. The van der Waals surface area contributed by atoms with Gasteiger partial charge in [0, 0.05) is 36.6 Å². The summed E-state index contributed by atoms with van der Waals surface area (Å²) in [7, 11) is 0. The van der Waals surface area contributed by atoms with Crippen molar-refractivity contribution in [2.45, 2.75) is 63.1 Å². The Bertz CT molecular complexity index is 859. The van der Waals surface area contributed by atoms with Crippen molar-refractivity contribution >= 4 is 17.7 Å². The van der Waals surface area contributed by atoms with Crippen LogP contribution in [-0.2, 0) is 12.8 Å². The third-order valence-corrected chi connectivity index (χ3v) is 5.53. The van der Waals surface area contributed by atoms with Gasteiger partial charge in [0.2, 0.25) is 5.95 Å². The van der Waals surface area contributed by atoms with Crippen molar-refractivity contribution in [3.05, 3.63) is 41.3 Å². The number of carboxylic acids is 1. The maximum absolute atomic E-state index is 11.6. The Morgan fingerprint density at radius 2 is 2.04 bits per heavy atom. The Kier molecular flexibility index (Phi) is 5.38. The number of nitrogens with one attached hydrogen (secondary N) is 2. The third-order valence-electron chi connectivity index (χ3n) is 5.53. The molecule has 2 heterocycles. The Balaban J connectivity index is 1.49. The van der Waals surface area contributed by atoms with E-state index >= 15 is 0 Å². The zero-order valence-corrected chi connectivity index (χ0v) is 15.6. The normalized spacial score (nSPS) is 24.2. The van der Waals surface area contributed by atoms with E-state index in [1.807, 2.05) is 6.07 Å². The number of anilines is 2. The molecule has 2 aliphatic rings. The van der Waals surface area contributed by atoms with E-state index in [1.165, 1.54) is 11.8 Å². The van der Waals surface area contributed by atoms with Gasteiger partial charge >= 0.3 is 5.97 Å². The van der Waals surface area contributed by atoms with Gasteiger partial charge in [0.15, 0.2) is 0 Å². The number of hydrogen-bond donors (Lipinski definition) is 4. The molecule has 1 fully saturated rings. The molecule has 148 valence electrons. The van der Waals surface area contributed by atoms with Gasteiger partial charge in [0.1, 0.15) is 11.4 Å². The van der Waals surface area contributed by atoms with E-state index in [2.05, 4.69) is 31.7 Å². The number of rotatable bonds is 5. The summed E-state index contributed by atoms with van der Waals surface area (Å²) in [5.74, 6) is -0.354. The number of aliphatic hydroxyl groups is 1. The first-order chi connectivity index (χ1) is 13.6. The smallest absolute Gasteiger partial charge is 0.341 e. The molecule has 2 aromatic heterocycles. The van der Waals surface area contributed by atoms with Gasteiger partial charge in [0.05, 0.1) is 6.10 Å². The fourth-order valence-corrected chi connectivity index (χ4v) is 4.06. The van der Waals surface area contributed by atoms with Gasteiger partial charge in [-0.05, 0) is 50.2 Å². The van der Waals surface area contributed by atoms with Crippen molar-refractivity contribution in [3.8, 4) is 0 Å². The highest BCUT2D eigenvalue weighted by Gasteiger charge is 2.24. The van der Waals surface area contributed by atoms with Gasteiger partial charge < -0.3 is 20.8 Å². The summed E-state index contributed by atoms with van der Waals surface area (Å²) in [5.41, 5.74) is 2.41. The Morgan fingerprint density at radius 3 is 2.86 bits per heavy atom. The highest BCUT2D eigenvalue weighted by Crippen LogP contribution is 2.25. The maximum atomic E-state index is 11.6. The van der Waals surface area contributed by atoms with E-state index in [4.69, 9.17) is 0 Å². The van der Waals surface area contributed by atoms with Crippen LogP contribution in [0.4, 0.5) is 11.8 Å². The molecule has 0 saturated heterocycles. The Labute approximate surface area is 163 Å². The van der Waals surface area contributed by atoms with Crippen LogP contribution in [0, 0.1) is 0 Å². The molecule has 1 saturated carbocycles. The molecule has 4 N–H and O–H groups in total. The second kappa shape index (κ2) is 8.10. The third kappa shape index (κ3) is 4.22. The van der Waals surface area contributed by atoms with E-state index in [9.17, 15) is 15.0 Å². The van der Waals surface area contributed by atoms with Crippen LogP contribution in [0.15, 0.2) is 24.5 Å². The summed E-state index contributed by atoms with van der Waals surface area (Å²) in [6.07, 6.45) is 8.65. The first kappa shape index (κ1) is 18.6. The van der Waals surface area contributed by atoms with Gasteiger partial charge in [-0.1, -0.05) is 6.07 Å². The molecule has 3 atom stereocenters. The first-order valence-corrected chi connectivity index (χ1v) is 9.82. The van der Waals surface area contributed by atoms with Crippen LogP contribution >= 0.6 is 0 Å². The SMILES string of the molecule is O=C(O)c1cnc(N[C@@H]2CCc3cccnc3C2)nc1N[C@@H]1CCC[C@H](O)C1. The molecule has 8 heteroatoms. The fraction of sp³-hybridized carbons (Fsp3) is 0.500. The number of pyridine rings is 1. The van der Waals surface area contributed by atoms with Crippen molar-refractivity contribution in [1.29, 1.82) is 0 Å². The van der Waals surface area contributed by atoms with E-state index in [1.54, 1.807) is 6.20 Å². The highest BCUT2D eigenvalue weighted by atomic mass is 16.4. The number of hydrogen-bond acceptors (Lipinski definition) is 7. The van der Waals surface area contributed by atoms with Gasteiger partial charge in [-0.2, -0.15) is 4.98 Å². The molecule has 2 aliphatic carbocycles. The van der Waals surface area contributed by atoms with Crippen LogP contribution in [0.2, 0.25) is 0 Å². The van der Waals surface area contributed by atoms with Gasteiger partial charge in [-0.3, -0.25) is 4.98 Å². The van der Waals surface area contributed by atoms with Gasteiger partial charge in [-0.15, -0.1) is 0 Å². The largest absolute Gasteiger partial charge is 0.477 e. The number of aliphatic hydroxyl groups excluding tert-OH is 1. The summed E-state index contributed by atoms with van der Waals surface area (Å²) in [5, 5.41) is 25.9. The molecular formula is C20H25N5O3. The molecule has 4 rings (SSSR count). The van der Waals surface area contributed by atoms with Crippen molar-refractivity contribution in [1.82, 2.24) is 15.0 Å². The minimum absolute atomic E-state index is 0.00959. The number of nitrogens with zero attached hydrogens (tertiary/aromatic N) is 3. The summed E-state index contributed by atoms with van der Waals surface area (Å²) < 4.78 is 0. The molecule has 0 bridgehead atoms. The van der Waals surface area contributed by atoms with E-state index in [-0.39, 0.29) is 23.8 Å². The topological polar surface area (TPSA) is 120 Å². The van der Waals surface area contributed by atoms with Gasteiger partial charge in [0.25, 0.3) is 0 Å². The second-order valence-electron chi connectivity index (χ2n) is 7.62.